The van der Waals surface area contributed by atoms with Gasteiger partial charge in [-0.2, -0.15) is 0 Å². The van der Waals surface area contributed by atoms with Gasteiger partial charge in [-0.1, -0.05) is 328 Å². The first-order chi connectivity index (χ1) is 36.0. The van der Waals surface area contributed by atoms with Crippen molar-refractivity contribution >= 4 is 17.9 Å². The summed E-state index contributed by atoms with van der Waals surface area (Å²) in [6, 6.07) is 0. The van der Waals surface area contributed by atoms with E-state index in [1.165, 1.54) is 276 Å². The maximum atomic E-state index is 12.9. The molecular weight excluding hydrogens is 901 g/mol. The number of hydrogen-bond donors (Lipinski definition) is 0. The van der Waals surface area contributed by atoms with E-state index in [-0.39, 0.29) is 31.1 Å². The van der Waals surface area contributed by atoms with E-state index < -0.39 is 6.10 Å². The fourth-order valence-corrected chi connectivity index (χ4v) is 10.3. The Kier molecular flexibility index (Phi) is 61.1. The summed E-state index contributed by atoms with van der Waals surface area (Å²) in [4.78, 5) is 38.3. The van der Waals surface area contributed by atoms with Crippen LogP contribution in [-0.4, -0.2) is 37.2 Å². The SMILES string of the molecule is CCCCCCCC/C=C\CCCCCCCC(=O)OCC(COC(=O)CCCCCCCCCCCCCCCCCCCCCCCC)OC(=O)CCCCCCCCCCCCCCCCCCCC. The number of allylic oxidation sites excluding steroid dienone is 2. The smallest absolute Gasteiger partial charge is 0.306 e. The maximum absolute atomic E-state index is 12.9. The number of carbonyl (C=O) groups excluding carboxylic acids is 3. The zero-order chi connectivity index (χ0) is 52.9. The highest BCUT2D eigenvalue weighted by molar-refractivity contribution is 5.71. The van der Waals surface area contributed by atoms with Crippen LogP contribution in [0.5, 0.6) is 0 Å². The molecule has 0 rings (SSSR count). The summed E-state index contributed by atoms with van der Waals surface area (Å²) in [5.74, 6) is -0.842. The van der Waals surface area contributed by atoms with Crippen molar-refractivity contribution in [3.05, 3.63) is 12.2 Å². The lowest BCUT2D eigenvalue weighted by Gasteiger charge is -2.18. The molecule has 0 saturated heterocycles. The van der Waals surface area contributed by atoms with Gasteiger partial charge in [0.15, 0.2) is 6.10 Å². The van der Waals surface area contributed by atoms with E-state index >= 15 is 0 Å². The van der Waals surface area contributed by atoms with Gasteiger partial charge in [-0.25, -0.2) is 0 Å². The summed E-state index contributed by atoms with van der Waals surface area (Å²) >= 11 is 0. The van der Waals surface area contributed by atoms with Gasteiger partial charge in [0.2, 0.25) is 0 Å². The molecule has 0 N–H and O–H groups in total. The number of carbonyl (C=O) groups is 3. The van der Waals surface area contributed by atoms with E-state index in [2.05, 4.69) is 32.9 Å². The molecule has 0 aromatic carbocycles. The van der Waals surface area contributed by atoms with Crippen LogP contribution < -0.4 is 0 Å². The highest BCUT2D eigenvalue weighted by atomic mass is 16.6. The van der Waals surface area contributed by atoms with E-state index in [1.54, 1.807) is 0 Å². The molecule has 0 radical (unpaired) electrons. The second-order valence-electron chi connectivity index (χ2n) is 22.7. The minimum absolute atomic E-state index is 0.0658. The molecule has 0 aromatic heterocycles. The van der Waals surface area contributed by atoms with Crippen LogP contribution >= 0.6 is 0 Å². The molecule has 1 atom stereocenters. The van der Waals surface area contributed by atoms with Gasteiger partial charge < -0.3 is 14.2 Å². The molecule has 6 heteroatoms. The van der Waals surface area contributed by atoms with Crippen LogP contribution in [0.3, 0.4) is 0 Å². The summed E-state index contributed by atoms with van der Waals surface area (Å²) in [5, 5.41) is 0. The summed E-state index contributed by atoms with van der Waals surface area (Å²) in [7, 11) is 0. The number of esters is 3. The van der Waals surface area contributed by atoms with Crippen LogP contribution in [0.25, 0.3) is 0 Å². The van der Waals surface area contributed by atoms with Crippen molar-refractivity contribution in [1.29, 1.82) is 0 Å². The molecule has 432 valence electrons. The molecule has 0 amide bonds. The largest absolute Gasteiger partial charge is 0.462 e. The first-order valence-electron chi connectivity index (χ1n) is 33.2. The summed E-state index contributed by atoms with van der Waals surface area (Å²) in [6.07, 6.45) is 73.7. The Labute approximate surface area is 456 Å². The third-order valence-electron chi connectivity index (χ3n) is 15.3. The molecule has 0 bridgehead atoms. The van der Waals surface area contributed by atoms with Gasteiger partial charge in [-0.3, -0.25) is 14.4 Å². The topological polar surface area (TPSA) is 78.9 Å². The lowest BCUT2D eigenvalue weighted by molar-refractivity contribution is -0.167. The quantitative estimate of drug-likeness (QED) is 0.0261. The lowest BCUT2D eigenvalue weighted by Crippen LogP contribution is -2.30. The normalized spacial score (nSPS) is 12.0. The van der Waals surface area contributed by atoms with Crippen molar-refractivity contribution in [2.24, 2.45) is 0 Å². The highest BCUT2D eigenvalue weighted by Crippen LogP contribution is 2.18. The van der Waals surface area contributed by atoms with Gasteiger partial charge in [0, 0.05) is 19.3 Å². The van der Waals surface area contributed by atoms with Crippen LogP contribution in [0.1, 0.15) is 380 Å². The van der Waals surface area contributed by atoms with E-state index in [0.29, 0.717) is 19.3 Å². The predicted octanol–water partition coefficient (Wildman–Crippen LogP) is 22.4. The zero-order valence-electron chi connectivity index (χ0n) is 49.7. The average molecular weight is 1030 g/mol. The van der Waals surface area contributed by atoms with Crippen molar-refractivity contribution in [2.75, 3.05) is 13.2 Å². The first kappa shape index (κ1) is 71.2. The molecule has 0 aliphatic rings. The van der Waals surface area contributed by atoms with E-state index in [0.717, 1.165) is 64.2 Å². The molecule has 0 saturated carbocycles. The molecule has 0 aliphatic carbocycles. The fraction of sp³-hybridized carbons (Fsp3) is 0.925. The monoisotopic (exact) mass is 1030 g/mol. The number of ether oxygens (including phenoxy) is 3. The van der Waals surface area contributed by atoms with Gasteiger partial charge in [-0.15, -0.1) is 0 Å². The van der Waals surface area contributed by atoms with Crippen LogP contribution in [0.2, 0.25) is 0 Å². The highest BCUT2D eigenvalue weighted by Gasteiger charge is 2.19. The standard InChI is InChI=1S/C67H128O6/c1-4-7-10-13-16-19-22-25-28-30-32-33-34-35-37-39-42-45-48-51-54-57-60-66(69)72-63-64(62-71-65(68)59-56-53-50-47-44-41-38-27-24-21-18-15-12-9-6-3)73-67(70)61-58-55-52-49-46-43-40-36-31-29-26-23-20-17-14-11-8-5-2/h27,38,64H,4-26,28-37,39-63H2,1-3H3/b38-27-. The van der Waals surface area contributed by atoms with Crippen LogP contribution in [-0.2, 0) is 28.6 Å². The molecule has 0 fully saturated rings. The first-order valence-corrected chi connectivity index (χ1v) is 33.2. The maximum Gasteiger partial charge on any atom is 0.306 e. The number of hydrogen-bond acceptors (Lipinski definition) is 6. The van der Waals surface area contributed by atoms with Crippen molar-refractivity contribution in [1.82, 2.24) is 0 Å². The molecule has 0 aliphatic heterocycles. The Bertz CT molecular complexity index is 1130. The van der Waals surface area contributed by atoms with Crippen LogP contribution in [0.15, 0.2) is 12.2 Å². The van der Waals surface area contributed by atoms with Crippen LogP contribution in [0.4, 0.5) is 0 Å². The van der Waals surface area contributed by atoms with Crippen molar-refractivity contribution < 1.29 is 28.6 Å². The molecule has 0 spiro atoms. The lowest BCUT2D eigenvalue weighted by atomic mass is 10.0. The second kappa shape index (κ2) is 62.7. The molecule has 0 aromatic rings. The van der Waals surface area contributed by atoms with Crippen molar-refractivity contribution in [3.8, 4) is 0 Å². The van der Waals surface area contributed by atoms with Gasteiger partial charge >= 0.3 is 17.9 Å². The van der Waals surface area contributed by atoms with Crippen molar-refractivity contribution in [3.63, 3.8) is 0 Å². The Morgan fingerprint density at radius 3 is 0.685 bits per heavy atom. The van der Waals surface area contributed by atoms with E-state index in [9.17, 15) is 14.4 Å². The predicted molar refractivity (Wildman–Crippen MR) is 317 cm³/mol. The molecule has 0 heterocycles. The van der Waals surface area contributed by atoms with E-state index in [1.807, 2.05) is 0 Å². The Morgan fingerprint density at radius 2 is 0.452 bits per heavy atom. The third-order valence-corrected chi connectivity index (χ3v) is 15.3. The van der Waals surface area contributed by atoms with E-state index in [4.69, 9.17) is 14.2 Å². The Balaban J connectivity index is 4.27. The minimum atomic E-state index is -0.769. The summed E-state index contributed by atoms with van der Waals surface area (Å²) in [6.45, 7) is 6.71. The fourth-order valence-electron chi connectivity index (χ4n) is 10.3. The van der Waals surface area contributed by atoms with Crippen LogP contribution in [0, 0.1) is 0 Å². The minimum Gasteiger partial charge on any atom is -0.462 e. The van der Waals surface area contributed by atoms with Gasteiger partial charge in [0.05, 0.1) is 0 Å². The summed E-state index contributed by atoms with van der Waals surface area (Å²) < 4.78 is 17.0. The molecule has 6 nitrogen and oxygen atoms in total. The van der Waals surface area contributed by atoms with Gasteiger partial charge in [0.25, 0.3) is 0 Å². The molecular formula is C67H128O6. The van der Waals surface area contributed by atoms with Gasteiger partial charge in [0.1, 0.15) is 13.2 Å². The number of rotatable bonds is 62. The zero-order valence-corrected chi connectivity index (χ0v) is 49.7. The number of unbranched alkanes of at least 4 members (excludes halogenated alkanes) is 49. The third kappa shape index (κ3) is 60.9. The molecule has 73 heavy (non-hydrogen) atoms. The van der Waals surface area contributed by atoms with Gasteiger partial charge in [-0.05, 0) is 44.9 Å². The Hall–Kier alpha value is -1.85. The molecule has 1 unspecified atom stereocenters. The summed E-state index contributed by atoms with van der Waals surface area (Å²) in [5.41, 5.74) is 0. The average Bonchev–Trinajstić information content (AvgIpc) is 3.39. The van der Waals surface area contributed by atoms with Crippen molar-refractivity contribution in [2.45, 2.75) is 386 Å². The second-order valence-corrected chi connectivity index (χ2v) is 22.7. The Morgan fingerprint density at radius 1 is 0.260 bits per heavy atom.